The van der Waals surface area contributed by atoms with Crippen molar-refractivity contribution < 1.29 is 4.39 Å². The fourth-order valence-corrected chi connectivity index (χ4v) is 2.38. The van der Waals surface area contributed by atoms with E-state index in [4.69, 9.17) is 0 Å². The zero-order chi connectivity index (χ0) is 11.4. The molecule has 0 bridgehead atoms. The molecule has 0 aromatic heterocycles. The largest absolute Gasteiger partial charge is 0.314 e. The van der Waals surface area contributed by atoms with Crippen LogP contribution in [0.15, 0.2) is 24.3 Å². The first-order valence-corrected chi connectivity index (χ1v) is 6.22. The summed E-state index contributed by atoms with van der Waals surface area (Å²) in [6, 6.07) is 8.56. The van der Waals surface area contributed by atoms with Crippen molar-refractivity contribution in [2.45, 2.75) is 32.4 Å². The standard InChI is InChI=1S/C14H20FN/c1-2-11-4-3-5-12(8-11)9-13-6-7-16-10-14(13)15/h3-5,8,13-14,16H,2,6-7,9-10H2,1H3. The number of nitrogens with one attached hydrogen (secondary N) is 1. The van der Waals surface area contributed by atoms with Crippen LogP contribution < -0.4 is 5.32 Å². The highest BCUT2D eigenvalue weighted by Crippen LogP contribution is 2.21. The summed E-state index contributed by atoms with van der Waals surface area (Å²) >= 11 is 0. The van der Waals surface area contributed by atoms with Gasteiger partial charge in [0.2, 0.25) is 0 Å². The molecule has 1 saturated heterocycles. The number of alkyl halides is 1. The molecule has 1 heterocycles. The fraction of sp³-hybridized carbons (Fsp3) is 0.571. The summed E-state index contributed by atoms with van der Waals surface area (Å²) in [4.78, 5) is 0. The summed E-state index contributed by atoms with van der Waals surface area (Å²) in [6.45, 7) is 3.64. The van der Waals surface area contributed by atoms with Crippen LogP contribution in [0.5, 0.6) is 0 Å². The zero-order valence-electron chi connectivity index (χ0n) is 9.88. The average molecular weight is 221 g/mol. The number of hydrogen-bond donors (Lipinski definition) is 1. The second-order valence-electron chi connectivity index (χ2n) is 4.65. The Kier molecular flexibility index (Phi) is 3.94. The van der Waals surface area contributed by atoms with Gasteiger partial charge in [-0.3, -0.25) is 0 Å². The maximum Gasteiger partial charge on any atom is 0.116 e. The lowest BCUT2D eigenvalue weighted by Crippen LogP contribution is -2.38. The predicted molar refractivity (Wildman–Crippen MR) is 65.4 cm³/mol. The van der Waals surface area contributed by atoms with Gasteiger partial charge in [-0.15, -0.1) is 0 Å². The molecular weight excluding hydrogens is 201 g/mol. The Morgan fingerprint density at radius 1 is 1.38 bits per heavy atom. The fourth-order valence-electron chi connectivity index (χ4n) is 2.38. The summed E-state index contributed by atoms with van der Waals surface area (Å²) in [6.07, 6.45) is 2.21. The van der Waals surface area contributed by atoms with Crippen molar-refractivity contribution in [2.24, 2.45) is 5.92 Å². The van der Waals surface area contributed by atoms with Gasteiger partial charge in [0.25, 0.3) is 0 Å². The van der Waals surface area contributed by atoms with Crippen LogP contribution in [-0.2, 0) is 12.8 Å². The summed E-state index contributed by atoms with van der Waals surface area (Å²) < 4.78 is 13.7. The van der Waals surface area contributed by atoms with Crippen molar-refractivity contribution in [1.82, 2.24) is 5.32 Å². The molecule has 2 heteroatoms. The van der Waals surface area contributed by atoms with Crippen LogP contribution in [0.1, 0.15) is 24.5 Å². The molecule has 1 aromatic rings. The smallest absolute Gasteiger partial charge is 0.116 e. The third-order valence-electron chi connectivity index (χ3n) is 3.44. The molecule has 2 unspecified atom stereocenters. The second-order valence-corrected chi connectivity index (χ2v) is 4.65. The number of hydrogen-bond acceptors (Lipinski definition) is 1. The van der Waals surface area contributed by atoms with E-state index in [1.165, 1.54) is 11.1 Å². The van der Waals surface area contributed by atoms with Gasteiger partial charge in [-0.25, -0.2) is 4.39 Å². The van der Waals surface area contributed by atoms with Crippen molar-refractivity contribution in [1.29, 1.82) is 0 Å². The third-order valence-corrected chi connectivity index (χ3v) is 3.44. The maximum absolute atomic E-state index is 13.7. The first-order valence-electron chi connectivity index (χ1n) is 6.22. The normalized spacial score (nSPS) is 25.6. The summed E-state index contributed by atoms with van der Waals surface area (Å²) in [5, 5.41) is 3.10. The van der Waals surface area contributed by atoms with E-state index in [1.807, 2.05) is 0 Å². The quantitative estimate of drug-likeness (QED) is 0.827. The number of rotatable bonds is 3. The minimum atomic E-state index is -0.681. The third kappa shape index (κ3) is 2.82. The van der Waals surface area contributed by atoms with Crippen LogP contribution in [0.25, 0.3) is 0 Å². The van der Waals surface area contributed by atoms with E-state index >= 15 is 0 Å². The average Bonchev–Trinajstić information content (AvgIpc) is 2.32. The Morgan fingerprint density at radius 2 is 2.19 bits per heavy atom. The number of benzene rings is 1. The van der Waals surface area contributed by atoms with E-state index in [1.54, 1.807) is 0 Å². The van der Waals surface area contributed by atoms with Crippen LogP contribution in [0.4, 0.5) is 4.39 Å². The molecule has 0 spiro atoms. The van der Waals surface area contributed by atoms with Crippen molar-refractivity contribution in [3.8, 4) is 0 Å². The van der Waals surface area contributed by atoms with E-state index in [9.17, 15) is 4.39 Å². The van der Waals surface area contributed by atoms with Gasteiger partial charge < -0.3 is 5.32 Å². The predicted octanol–water partition coefficient (Wildman–Crippen LogP) is 2.74. The van der Waals surface area contributed by atoms with Crippen molar-refractivity contribution in [3.63, 3.8) is 0 Å². The van der Waals surface area contributed by atoms with Gasteiger partial charge in [-0.05, 0) is 42.9 Å². The van der Waals surface area contributed by atoms with Gasteiger partial charge in [0.05, 0.1) is 0 Å². The lowest BCUT2D eigenvalue weighted by atomic mass is 9.89. The van der Waals surface area contributed by atoms with Crippen molar-refractivity contribution >= 4 is 0 Å². The van der Waals surface area contributed by atoms with Crippen LogP contribution in [0.2, 0.25) is 0 Å². The van der Waals surface area contributed by atoms with E-state index in [0.29, 0.717) is 6.54 Å². The summed E-state index contributed by atoms with van der Waals surface area (Å²) in [7, 11) is 0. The Hall–Kier alpha value is -0.890. The van der Waals surface area contributed by atoms with Gasteiger partial charge >= 0.3 is 0 Å². The molecule has 1 aliphatic rings. The Morgan fingerprint density at radius 3 is 2.94 bits per heavy atom. The molecule has 88 valence electrons. The van der Waals surface area contributed by atoms with E-state index in [2.05, 4.69) is 36.5 Å². The van der Waals surface area contributed by atoms with Gasteiger partial charge in [0.15, 0.2) is 0 Å². The van der Waals surface area contributed by atoms with Crippen LogP contribution in [0.3, 0.4) is 0 Å². The van der Waals surface area contributed by atoms with Crippen LogP contribution in [-0.4, -0.2) is 19.3 Å². The maximum atomic E-state index is 13.7. The van der Waals surface area contributed by atoms with Gasteiger partial charge in [0, 0.05) is 6.54 Å². The number of halogens is 1. The van der Waals surface area contributed by atoms with E-state index in [-0.39, 0.29) is 5.92 Å². The molecule has 0 amide bonds. The molecule has 16 heavy (non-hydrogen) atoms. The molecule has 0 aliphatic carbocycles. The van der Waals surface area contributed by atoms with Crippen molar-refractivity contribution in [3.05, 3.63) is 35.4 Å². The SMILES string of the molecule is CCc1cccc(CC2CCNCC2F)c1. The molecule has 1 N–H and O–H groups in total. The monoisotopic (exact) mass is 221 g/mol. The van der Waals surface area contributed by atoms with Crippen LogP contribution >= 0.6 is 0 Å². The first-order chi connectivity index (χ1) is 7.79. The number of aryl methyl sites for hydroxylation is 1. The molecule has 0 saturated carbocycles. The van der Waals surface area contributed by atoms with E-state index < -0.39 is 6.17 Å². The number of piperidine rings is 1. The van der Waals surface area contributed by atoms with Crippen LogP contribution in [0, 0.1) is 5.92 Å². The highest BCUT2D eigenvalue weighted by Gasteiger charge is 2.24. The molecule has 1 fully saturated rings. The summed E-state index contributed by atoms with van der Waals surface area (Å²) in [5.41, 5.74) is 2.63. The topological polar surface area (TPSA) is 12.0 Å². The van der Waals surface area contributed by atoms with E-state index in [0.717, 1.165) is 25.8 Å². The highest BCUT2D eigenvalue weighted by atomic mass is 19.1. The zero-order valence-corrected chi connectivity index (χ0v) is 9.88. The minimum absolute atomic E-state index is 0.202. The van der Waals surface area contributed by atoms with Gasteiger partial charge in [0.1, 0.15) is 6.17 Å². The van der Waals surface area contributed by atoms with Gasteiger partial charge in [-0.1, -0.05) is 31.2 Å². The Bertz CT molecular complexity index is 337. The molecule has 1 aromatic carbocycles. The highest BCUT2D eigenvalue weighted by molar-refractivity contribution is 5.24. The Labute approximate surface area is 97.1 Å². The lowest BCUT2D eigenvalue weighted by Gasteiger charge is -2.26. The minimum Gasteiger partial charge on any atom is -0.314 e. The lowest BCUT2D eigenvalue weighted by molar-refractivity contribution is 0.179. The van der Waals surface area contributed by atoms with Gasteiger partial charge in [-0.2, -0.15) is 0 Å². The second kappa shape index (κ2) is 5.44. The molecule has 2 atom stereocenters. The summed E-state index contributed by atoms with van der Waals surface area (Å²) in [5.74, 6) is 0.202. The molecular formula is C14H20FN. The molecule has 1 nitrogen and oxygen atoms in total. The molecule has 2 rings (SSSR count). The van der Waals surface area contributed by atoms with Crippen molar-refractivity contribution in [2.75, 3.05) is 13.1 Å². The molecule has 0 radical (unpaired) electrons. The first kappa shape index (κ1) is 11.6. The molecule has 1 aliphatic heterocycles. The Balaban J connectivity index is 2.01.